The fourth-order valence-corrected chi connectivity index (χ4v) is 7.30. The highest BCUT2D eigenvalue weighted by molar-refractivity contribution is 7.92. The minimum absolute atomic E-state index is 0.00432. The standard InChI is InChI=1S/C32H29Cl2N3O6S/c33-24-17-25(34)19-27(18-24)44(42,43)37(20-31(39)40)26-9-10-28-23(16-26)2-1-3-29(28)30(38)11-6-21-4-7-22(8-5-21)32(41)36-14-12-35-13-15-36/h1-5,7-10,16-19,35H,6,11-15,20H2,(H,39,40). The van der Waals surface area contributed by atoms with E-state index >= 15 is 0 Å². The summed E-state index contributed by atoms with van der Waals surface area (Å²) in [5.74, 6) is -1.46. The molecule has 4 aromatic rings. The maximum Gasteiger partial charge on any atom is 0.324 e. The minimum Gasteiger partial charge on any atom is -0.480 e. The molecule has 228 valence electrons. The van der Waals surface area contributed by atoms with Crippen molar-refractivity contribution < 1.29 is 27.9 Å². The number of carbonyl (C=O) groups excluding carboxylic acids is 2. The number of piperazine rings is 1. The van der Waals surface area contributed by atoms with Crippen LogP contribution in [0.25, 0.3) is 10.8 Å². The van der Waals surface area contributed by atoms with Gasteiger partial charge in [-0.2, -0.15) is 0 Å². The second kappa shape index (κ2) is 13.4. The molecule has 0 unspecified atom stereocenters. The predicted molar refractivity (Wildman–Crippen MR) is 170 cm³/mol. The highest BCUT2D eigenvalue weighted by atomic mass is 35.5. The molecular formula is C32H29Cl2N3O6S. The Balaban J connectivity index is 1.35. The molecule has 44 heavy (non-hydrogen) atoms. The molecule has 0 radical (unpaired) electrons. The van der Waals surface area contributed by atoms with Gasteiger partial charge >= 0.3 is 5.97 Å². The highest BCUT2D eigenvalue weighted by Crippen LogP contribution is 2.31. The number of aliphatic carboxylic acids is 1. The summed E-state index contributed by atoms with van der Waals surface area (Å²) in [6.45, 7) is 2.06. The van der Waals surface area contributed by atoms with Crippen LogP contribution >= 0.6 is 23.2 Å². The first-order chi connectivity index (χ1) is 21.0. The Kier molecular flexibility index (Phi) is 9.55. The van der Waals surface area contributed by atoms with Gasteiger partial charge in [-0.1, -0.05) is 59.6 Å². The summed E-state index contributed by atoms with van der Waals surface area (Å²) in [5.41, 5.74) is 2.11. The molecule has 0 saturated carbocycles. The molecule has 0 aliphatic carbocycles. The van der Waals surface area contributed by atoms with Crippen molar-refractivity contribution in [1.82, 2.24) is 10.2 Å². The third-order valence-electron chi connectivity index (χ3n) is 7.40. The summed E-state index contributed by atoms with van der Waals surface area (Å²) < 4.78 is 27.8. The van der Waals surface area contributed by atoms with E-state index in [0.717, 1.165) is 23.0 Å². The highest BCUT2D eigenvalue weighted by Gasteiger charge is 2.28. The van der Waals surface area contributed by atoms with E-state index in [1.165, 1.54) is 30.3 Å². The largest absolute Gasteiger partial charge is 0.480 e. The van der Waals surface area contributed by atoms with Crippen LogP contribution < -0.4 is 9.62 Å². The van der Waals surface area contributed by atoms with Crippen molar-refractivity contribution in [2.45, 2.75) is 17.7 Å². The van der Waals surface area contributed by atoms with Gasteiger partial charge in [0.1, 0.15) is 6.54 Å². The number of rotatable bonds is 10. The number of carboxylic acid groups (broad SMARTS) is 1. The van der Waals surface area contributed by atoms with Crippen molar-refractivity contribution in [3.8, 4) is 0 Å². The van der Waals surface area contributed by atoms with Crippen LogP contribution in [0, 0.1) is 0 Å². The van der Waals surface area contributed by atoms with Gasteiger partial charge in [-0.15, -0.1) is 0 Å². The number of nitrogens with one attached hydrogen (secondary N) is 1. The molecule has 1 saturated heterocycles. The van der Waals surface area contributed by atoms with Gasteiger partial charge in [-0.3, -0.25) is 18.7 Å². The zero-order chi connectivity index (χ0) is 31.4. The van der Waals surface area contributed by atoms with Gasteiger partial charge in [0.25, 0.3) is 15.9 Å². The first-order valence-corrected chi connectivity index (χ1v) is 16.1. The van der Waals surface area contributed by atoms with Crippen LogP contribution in [0.15, 0.2) is 83.8 Å². The maximum absolute atomic E-state index is 13.5. The Morgan fingerprint density at radius 2 is 1.57 bits per heavy atom. The first kappa shape index (κ1) is 31.5. The van der Waals surface area contributed by atoms with Crippen LogP contribution in [0.2, 0.25) is 10.0 Å². The Labute approximate surface area is 265 Å². The van der Waals surface area contributed by atoms with Crippen molar-refractivity contribution in [3.63, 3.8) is 0 Å². The fraction of sp³-hybridized carbons (Fsp3) is 0.219. The van der Waals surface area contributed by atoms with E-state index in [0.29, 0.717) is 41.4 Å². The lowest BCUT2D eigenvalue weighted by Crippen LogP contribution is -2.46. The summed E-state index contributed by atoms with van der Waals surface area (Å²) in [7, 11) is -4.35. The molecule has 5 rings (SSSR count). The van der Waals surface area contributed by atoms with Crippen molar-refractivity contribution in [2.75, 3.05) is 37.0 Å². The summed E-state index contributed by atoms with van der Waals surface area (Å²) in [5, 5.41) is 14.1. The lowest BCUT2D eigenvalue weighted by molar-refractivity contribution is -0.135. The summed E-state index contributed by atoms with van der Waals surface area (Å²) in [6, 6.07) is 20.8. The Hall–Kier alpha value is -3.96. The van der Waals surface area contributed by atoms with E-state index in [9.17, 15) is 27.9 Å². The van der Waals surface area contributed by atoms with Crippen LogP contribution in [0.3, 0.4) is 0 Å². The van der Waals surface area contributed by atoms with Crippen LogP contribution in [-0.2, 0) is 21.2 Å². The quantitative estimate of drug-likeness (QED) is 0.223. The molecule has 0 bridgehead atoms. The number of carboxylic acids is 1. The normalized spacial score (nSPS) is 13.5. The van der Waals surface area contributed by atoms with Crippen LogP contribution in [-0.4, -0.2) is 68.8 Å². The number of fused-ring (bicyclic) bond motifs is 1. The number of aryl methyl sites for hydroxylation is 1. The van der Waals surface area contributed by atoms with E-state index in [1.54, 1.807) is 36.4 Å². The number of anilines is 1. The predicted octanol–water partition coefficient (Wildman–Crippen LogP) is 5.29. The maximum atomic E-state index is 13.5. The second-order valence-corrected chi connectivity index (χ2v) is 13.1. The van der Waals surface area contributed by atoms with Gasteiger partial charge in [0.2, 0.25) is 0 Å². The number of amides is 1. The Morgan fingerprint density at radius 1 is 0.886 bits per heavy atom. The second-order valence-electron chi connectivity index (χ2n) is 10.4. The molecule has 1 amide bonds. The fourth-order valence-electron chi connectivity index (χ4n) is 5.17. The molecule has 1 aliphatic heterocycles. The molecule has 9 nitrogen and oxygen atoms in total. The summed E-state index contributed by atoms with van der Waals surface area (Å²) >= 11 is 12.0. The van der Waals surface area contributed by atoms with Crippen molar-refractivity contribution in [2.24, 2.45) is 0 Å². The third kappa shape index (κ3) is 7.05. The molecule has 0 aromatic heterocycles. The van der Waals surface area contributed by atoms with Gasteiger partial charge in [0.15, 0.2) is 5.78 Å². The minimum atomic E-state index is -4.35. The van der Waals surface area contributed by atoms with Crippen molar-refractivity contribution in [3.05, 3.63) is 106 Å². The number of Topliss-reactive ketones (excluding diaryl/α,β-unsaturated/α-hetero) is 1. The number of halogens is 2. The average molecular weight is 655 g/mol. The van der Waals surface area contributed by atoms with E-state index < -0.39 is 22.5 Å². The molecule has 4 aromatic carbocycles. The molecule has 0 atom stereocenters. The topological polar surface area (TPSA) is 124 Å². The average Bonchev–Trinajstić information content (AvgIpc) is 3.01. The van der Waals surface area contributed by atoms with Gasteiger partial charge in [0.05, 0.1) is 10.6 Å². The van der Waals surface area contributed by atoms with Gasteiger partial charge in [-0.05, 0) is 65.2 Å². The molecule has 1 aliphatic rings. The molecule has 1 heterocycles. The van der Waals surface area contributed by atoms with Crippen LogP contribution in [0.5, 0.6) is 0 Å². The van der Waals surface area contributed by atoms with Gasteiger partial charge < -0.3 is 15.3 Å². The third-order valence-corrected chi connectivity index (χ3v) is 9.59. The number of ketones is 1. The Morgan fingerprint density at radius 3 is 2.23 bits per heavy atom. The SMILES string of the molecule is O=C(O)CN(c1ccc2c(C(=O)CCc3ccc(C(=O)N4CCNCC4)cc3)cccc2c1)S(=O)(=O)c1cc(Cl)cc(Cl)c1. The molecular weight excluding hydrogens is 625 g/mol. The Bertz CT molecular complexity index is 1820. The smallest absolute Gasteiger partial charge is 0.324 e. The lowest BCUT2D eigenvalue weighted by atomic mass is 9.97. The summed E-state index contributed by atoms with van der Waals surface area (Å²) in [6.07, 6.45) is 0.698. The van der Waals surface area contributed by atoms with Crippen molar-refractivity contribution in [1.29, 1.82) is 0 Å². The van der Waals surface area contributed by atoms with Crippen molar-refractivity contribution >= 4 is 67.3 Å². The number of carbonyl (C=O) groups is 3. The van der Waals surface area contributed by atoms with Gasteiger partial charge in [-0.25, -0.2) is 8.42 Å². The van der Waals surface area contributed by atoms with Crippen LogP contribution in [0.4, 0.5) is 5.69 Å². The number of hydrogen-bond acceptors (Lipinski definition) is 6. The molecule has 0 spiro atoms. The molecule has 12 heteroatoms. The number of hydrogen-bond donors (Lipinski definition) is 2. The molecule has 2 N–H and O–H groups in total. The summed E-state index contributed by atoms with van der Waals surface area (Å²) in [4.78, 5) is 39.3. The monoisotopic (exact) mass is 653 g/mol. The first-order valence-electron chi connectivity index (χ1n) is 13.9. The van der Waals surface area contributed by atoms with Crippen LogP contribution in [0.1, 0.15) is 32.7 Å². The zero-order valence-corrected chi connectivity index (χ0v) is 25.8. The van der Waals surface area contributed by atoms with E-state index in [-0.39, 0.29) is 38.7 Å². The zero-order valence-electron chi connectivity index (χ0n) is 23.5. The lowest BCUT2D eigenvalue weighted by Gasteiger charge is -2.27. The number of sulfonamides is 1. The van der Waals surface area contributed by atoms with E-state index in [4.69, 9.17) is 23.2 Å². The van der Waals surface area contributed by atoms with E-state index in [2.05, 4.69) is 5.32 Å². The van der Waals surface area contributed by atoms with E-state index in [1.807, 2.05) is 17.0 Å². The molecule has 1 fully saturated rings. The van der Waals surface area contributed by atoms with Gasteiger partial charge in [0, 0.05) is 53.8 Å². The number of benzene rings is 4. The number of nitrogens with zero attached hydrogens (tertiary/aromatic N) is 2.